The second kappa shape index (κ2) is 13.1. The van der Waals surface area contributed by atoms with Gasteiger partial charge in [-0.05, 0) is 37.0 Å². The molecule has 40 heavy (non-hydrogen) atoms. The third-order valence-corrected chi connectivity index (χ3v) is 7.72. The molecule has 0 amide bonds. The van der Waals surface area contributed by atoms with Crippen molar-refractivity contribution in [3.05, 3.63) is 78.4 Å². The van der Waals surface area contributed by atoms with Crippen LogP contribution in [-0.2, 0) is 0 Å². The Kier molecular flexibility index (Phi) is 9.11. The number of fused-ring (bicyclic) bond motifs is 3. The van der Waals surface area contributed by atoms with Gasteiger partial charge in [0, 0.05) is 38.2 Å². The molecule has 0 aromatic heterocycles. The molecular formula is C37H42O3. The molecule has 0 heterocycles. The molecule has 5 aromatic carbocycles. The van der Waals surface area contributed by atoms with Crippen molar-refractivity contribution in [1.82, 2.24) is 0 Å². The maximum atomic E-state index is 6.73. The number of ether oxygens (including phenoxy) is 3. The van der Waals surface area contributed by atoms with Crippen LogP contribution in [0, 0.1) is 6.92 Å². The van der Waals surface area contributed by atoms with Crippen molar-refractivity contribution in [2.75, 3.05) is 19.8 Å². The maximum absolute atomic E-state index is 6.73. The highest BCUT2D eigenvalue weighted by Gasteiger charge is 2.25. The van der Waals surface area contributed by atoms with E-state index in [9.17, 15) is 0 Å². The van der Waals surface area contributed by atoms with Gasteiger partial charge in [-0.15, -0.1) is 0 Å². The van der Waals surface area contributed by atoms with Gasteiger partial charge in [0.05, 0.1) is 19.8 Å². The van der Waals surface area contributed by atoms with Crippen LogP contribution in [0.4, 0.5) is 0 Å². The van der Waals surface area contributed by atoms with Crippen molar-refractivity contribution >= 4 is 32.3 Å². The van der Waals surface area contributed by atoms with Crippen molar-refractivity contribution in [2.45, 2.75) is 66.2 Å². The summed E-state index contributed by atoms with van der Waals surface area (Å²) in [5, 5.41) is 6.82. The quantitative estimate of drug-likeness (QED) is 0.111. The standard InChI is InChI=1S/C37H42O3/c1-5-8-23-38-35-26(4)33(37(40-25-10-7-3)32-22-16-15-21-31(32)35)34-27-17-11-13-19-29(27)36(39-24-9-6-2)30-20-14-12-18-28(30)34/h11-22H,5-10,23-25H2,1-4H3. The zero-order valence-electron chi connectivity index (χ0n) is 24.5. The van der Waals surface area contributed by atoms with Crippen LogP contribution in [0.25, 0.3) is 43.4 Å². The SMILES string of the molecule is CCCCOc1c(C)c(-c2c3ccccc3c(OCCCC)c3ccccc23)c(OCCCC)c2ccccc12. The largest absolute Gasteiger partial charge is 0.493 e. The number of rotatable bonds is 13. The molecular weight excluding hydrogens is 492 g/mol. The predicted molar refractivity (Wildman–Crippen MR) is 170 cm³/mol. The molecule has 0 saturated heterocycles. The molecule has 0 spiro atoms. The van der Waals surface area contributed by atoms with E-state index in [1.54, 1.807) is 0 Å². The van der Waals surface area contributed by atoms with E-state index in [0.29, 0.717) is 19.8 Å². The Balaban J connectivity index is 1.88. The zero-order chi connectivity index (χ0) is 27.9. The minimum Gasteiger partial charge on any atom is -0.493 e. The molecule has 208 valence electrons. The van der Waals surface area contributed by atoms with Crippen LogP contribution in [0.5, 0.6) is 17.2 Å². The molecule has 0 atom stereocenters. The molecule has 5 rings (SSSR count). The summed E-state index contributed by atoms with van der Waals surface area (Å²) < 4.78 is 19.8. The number of hydrogen-bond acceptors (Lipinski definition) is 3. The highest BCUT2D eigenvalue weighted by molar-refractivity contribution is 6.19. The van der Waals surface area contributed by atoms with Crippen LogP contribution in [0.15, 0.2) is 72.8 Å². The highest BCUT2D eigenvalue weighted by Crippen LogP contribution is 2.51. The molecule has 3 nitrogen and oxygen atoms in total. The van der Waals surface area contributed by atoms with E-state index in [4.69, 9.17) is 14.2 Å². The van der Waals surface area contributed by atoms with Crippen molar-refractivity contribution < 1.29 is 14.2 Å². The Morgan fingerprint density at radius 2 is 0.775 bits per heavy atom. The topological polar surface area (TPSA) is 27.7 Å². The van der Waals surface area contributed by atoms with Gasteiger partial charge in [0.25, 0.3) is 0 Å². The van der Waals surface area contributed by atoms with Crippen LogP contribution >= 0.6 is 0 Å². The van der Waals surface area contributed by atoms with E-state index < -0.39 is 0 Å². The Labute approximate surface area is 239 Å². The highest BCUT2D eigenvalue weighted by atomic mass is 16.5. The van der Waals surface area contributed by atoms with Gasteiger partial charge in [-0.2, -0.15) is 0 Å². The van der Waals surface area contributed by atoms with Gasteiger partial charge >= 0.3 is 0 Å². The number of benzene rings is 5. The van der Waals surface area contributed by atoms with E-state index in [0.717, 1.165) is 88.4 Å². The summed E-state index contributed by atoms with van der Waals surface area (Å²) in [5.41, 5.74) is 3.43. The lowest BCUT2D eigenvalue weighted by Gasteiger charge is -2.24. The Bertz CT molecular complexity index is 1540. The van der Waals surface area contributed by atoms with Gasteiger partial charge in [-0.1, -0.05) is 113 Å². The normalized spacial score (nSPS) is 11.4. The van der Waals surface area contributed by atoms with Crippen LogP contribution in [0.2, 0.25) is 0 Å². The average Bonchev–Trinajstić information content (AvgIpc) is 2.99. The average molecular weight is 535 g/mol. The van der Waals surface area contributed by atoms with Crippen LogP contribution < -0.4 is 14.2 Å². The van der Waals surface area contributed by atoms with E-state index >= 15 is 0 Å². The molecule has 0 fully saturated rings. The summed E-state index contributed by atoms with van der Waals surface area (Å²) in [6, 6.07) is 25.9. The molecule has 0 aliphatic rings. The molecule has 0 aliphatic carbocycles. The second-order valence-corrected chi connectivity index (χ2v) is 10.6. The smallest absolute Gasteiger partial charge is 0.135 e. The van der Waals surface area contributed by atoms with E-state index in [1.165, 1.54) is 16.3 Å². The first kappa shape index (κ1) is 27.8. The van der Waals surface area contributed by atoms with Crippen molar-refractivity contribution in [3.8, 4) is 28.4 Å². The minimum atomic E-state index is 0.678. The van der Waals surface area contributed by atoms with Crippen molar-refractivity contribution in [3.63, 3.8) is 0 Å². The summed E-state index contributed by atoms with van der Waals surface area (Å²) in [6.45, 7) is 10.9. The summed E-state index contributed by atoms with van der Waals surface area (Å²) in [5.74, 6) is 2.87. The third kappa shape index (κ3) is 5.35. The van der Waals surface area contributed by atoms with Crippen LogP contribution in [0.3, 0.4) is 0 Å². The fourth-order valence-electron chi connectivity index (χ4n) is 5.61. The molecule has 0 radical (unpaired) electrons. The number of unbranched alkanes of at least 4 members (excludes halogenated alkanes) is 3. The lowest BCUT2D eigenvalue weighted by molar-refractivity contribution is 0.305. The fourth-order valence-corrected chi connectivity index (χ4v) is 5.61. The van der Waals surface area contributed by atoms with Gasteiger partial charge in [-0.3, -0.25) is 0 Å². The zero-order valence-corrected chi connectivity index (χ0v) is 24.5. The summed E-state index contributed by atoms with van der Waals surface area (Å²) in [6.07, 6.45) is 6.34. The van der Waals surface area contributed by atoms with Crippen LogP contribution in [-0.4, -0.2) is 19.8 Å². The van der Waals surface area contributed by atoms with Gasteiger partial charge < -0.3 is 14.2 Å². The predicted octanol–water partition coefficient (Wildman–Crippen LogP) is 10.7. The summed E-state index contributed by atoms with van der Waals surface area (Å²) >= 11 is 0. The summed E-state index contributed by atoms with van der Waals surface area (Å²) in [4.78, 5) is 0. The van der Waals surface area contributed by atoms with E-state index in [-0.39, 0.29) is 0 Å². The van der Waals surface area contributed by atoms with Gasteiger partial charge in [0.15, 0.2) is 0 Å². The van der Waals surface area contributed by atoms with Crippen molar-refractivity contribution in [2.24, 2.45) is 0 Å². The minimum absolute atomic E-state index is 0.678. The van der Waals surface area contributed by atoms with Gasteiger partial charge in [0.2, 0.25) is 0 Å². The molecule has 5 aromatic rings. The Hall–Kier alpha value is -3.72. The molecule has 0 bridgehead atoms. The third-order valence-electron chi connectivity index (χ3n) is 7.72. The first-order chi connectivity index (χ1) is 19.7. The Morgan fingerprint density at radius 1 is 0.425 bits per heavy atom. The second-order valence-electron chi connectivity index (χ2n) is 10.6. The molecule has 0 unspecified atom stereocenters. The molecule has 0 N–H and O–H groups in total. The molecule has 0 saturated carbocycles. The summed E-state index contributed by atoms with van der Waals surface area (Å²) in [7, 11) is 0. The maximum Gasteiger partial charge on any atom is 0.135 e. The van der Waals surface area contributed by atoms with E-state index in [1.807, 2.05) is 0 Å². The first-order valence-electron chi connectivity index (χ1n) is 15.1. The fraction of sp³-hybridized carbons (Fsp3) is 0.351. The van der Waals surface area contributed by atoms with Gasteiger partial charge in [0.1, 0.15) is 17.2 Å². The Morgan fingerprint density at radius 3 is 1.23 bits per heavy atom. The van der Waals surface area contributed by atoms with Crippen molar-refractivity contribution in [1.29, 1.82) is 0 Å². The lowest BCUT2D eigenvalue weighted by Crippen LogP contribution is -2.05. The van der Waals surface area contributed by atoms with Gasteiger partial charge in [-0.25, -0.2) is 0 Å². The monoisotopic (exact) mass is 534 g/mol. The number of hydrogen-bond donors (Lipinski definition) is 0. The lowest BCUT2D eigenvalue weighted by atomic mass is 9.86. The molecule has 0 aliphatic heterocycles. The molecule has 3 heteroatoms. The van der Waals surface area contributed by atoms with Crippen LogP contribution in [0.1, 0.15) is 64.9 Å². The van der Waals surface area contributed by atoms with E-state index in [2.05, 4.69) is 100 Å². The first-order valence-corrected chi connectivity index (χ1v) is 15.1.